The van der Waals surface area contributed by atoms with E-state index in [2.05, 4.69) is 6.92 Å². The summed E-state index contributed by atoms with van der Waals surface area (Å²) in [5.74, 6) is 0.340. The van der Waals surface area contributed by atoms with Gasteiger partial charge in [-0.25, -0.2) is 0 Å². The summed E-state index contributed by atoms with van der Waals surface area (Å²) in [6, 6.07) is 7.27. The molecule has 0 aromatic heterocycles. The summed E-state index contributed by atoms with van der Waals surface area (Å²) in [7, 11) is 0. The van der Waals surface area contributed by atoms with Crippen LogP contribution < -0.4 is 0 Å². The molecule has 1 rings (SSSR count). The first kappa shape index (κ1) is 10.7. The Morgan fingerprint density at radius 3 is 2.10 bits per heavy atom. The second-order valence-corrected chi connectivity index (χ2v) is 2.02. The van der Waals surface area contributed by atoms with Crippen molar-refractivity contribution in [2.75, 3.05) is 0 Å². The number of benzene rings is 1. The van der Waals surface area contributed by atoms with E-state index in [9.17, 15) is 0 Å². The molecule has 0 heterocycles. The summed E-state index contributed by atoms with van der Waals surface area (Å²) < 4.78 is 0. The Kier molecular flexibility index (Phi) is 5.68. The van der Waals surface area contributed by atoms with Crippen LogP contribution in [0, 0.1) is 0 Å². The van der Waals surface area contributed by atoms with Crippen molar-refractivity contribution in [2.24, 2.45) is 0 Å². The van der Waals surface area contributed by atoms with Gasteiger partial charge in [0.1, 0.15) is 5.75 Å². The number of hydrogen-bond donors (Lipinski definition) is 1. The summed E-state index contributed by atoms with van der Waals surface area (Å²) in [5, 5.41) is 8.85. The summed E-state index contributed by atoms with van der Waals surface area (Å²) in [6.45, 7) is 2.09. The van der Waals surface area contributed by atoms with Crippen molar-refractivity contribution in [3.05, 3.63) is 29.8 Å². The third kappa shape index (κ3) is 3.17. The van der Waals surface area contributed by atoms with Crippen LogP contribution >= 0.6 is 0 Å². The molecular formula is C8H11KO. The molecule has 0 spiro atoms. The van der Waals surface area contributed by atoms with Gasteiger partial charge in [-0.1, -0.05) is 19.1 Å². The van der Waals surface area contributed by atoms with E-state index in [-0.39, 0.29) is 51.4 Å². The molecule has 0 amide bonds. The Labute approximate surface area is 104 Å². The van der Waals surface area contributed by atoms with Gasteiger partial charge in [0.2, 0.25) is 0 Å². The Morgan fingerprint density at radius 2 is 1.70 bits per heavy atom. The molecule has 1 aromatic carbocycles. The van der Waals surface area contributed by atoms with E-state index in [0.717, 1.165) is 6.42 Å². The van der Waals surface area contributed by atoms with Gasteiger partial charge in [0, 0.05) is 0 Å². The average Bonchev–Trinajstić information content (AvgIpc) is 1.90. The summed E-state index contributed by atoms with van der Waals surface area (Å²) in [6.07, 6.45) is 1.03. The molecule has 50 valence electrons. The van der Waals surface area contributed by atoms with Gasteiger partial charge in [0.05, 0.1) is 0 Å². The van der Waals surface area contributed by atoms with Gasteiger partial charge in [0.15, 0.2) is 0 Å². The summed E-state index contributed by atoms with van der Waals surface area (Å²) >= 11 is 0. The first-order valence-corrected chi connectivity index (χ1v) is 3.11. The van der Waals surface area contributed by atoms with Crippen LogP contribution in [0.5, 0.6) is 5.75 Å². The molecule has 0 saturated carbocycles. The monoisotopic (exact) mass is 162 g/mol. The van der Waals surface area contributed by atoms with E-state index < -0.39 is 0 Å². The van der Waals surface area contributed by atoms with Crippen molar-refractivity contribution >= 4 is 51.4 Å². The molecule has 0 aliphatic heterocycles. The third-order valence-corrected chi connectivity index (χ3v) is 1.34. The second-order valence-electron chi connectivity index (χ2n) is 2.02. The van der Waals surface area contributed by atoms with Crippen LogP contribution in [0.2, 0.25) is 0 Å². The molecule has 0 aliphatic rings. The van der Waals surface area contributed by atoms with Crippen LogP contribution in [0.25, 0.3) is 0 Å². The molecule has 0 saturated heterocycles. The van der Waals surface area contributed by atoms with E-state index in [1.807, 2.05) is 12.1 Å². The predicted octanol–water partition coefficient (Wildman–Crippen LogP) is 1.31. The van der Waals surface area contributed by atoms with Crippen LogP contribution in [0.1, 0.15) is 12.5 Å². The number of rotatable bonds is 1. The van der Waals surface area contributed by atoms with E-state index in [4.69, 9.17) is 5.11 Å². The second kappa shape index (κ2) is 5.33. The first-order valence-electron chi connectivity index (χ1n) is 3.11. The van der Waals surface area contributed by atoms with Gasteiger partial charge in [-0.05, 0) is 24.1 Å². The molecule has 2 heteroatoms. The quantitative estimate of drug-likeness (QED) is 0.617. The molecule has 0 unspecified atom stereocenters. The fraction of sp³-hybridized carbons (Fsp3) is 0.250. The van der Waals surface area contributed by atoms with E-state index in [0.29, 0.717) is 5.75 Å². The van der Waals surface area contributed by atoms with Crippen molar-refractivity contribution in [1.29, 1.82) is 0 Å². The molecule has 0 radical (unpaired) electrons. The van der Waals surface area contributed by atoms with Crippen LogP contribution in [0.3, 0.4) is 0 Å². The normalized spacial score (nSPS) is 8.50. The molecule has 0 fully saturated rings. The molecular weight excluding hydrogens is 151 g/mol. The van der Waals surface area contributed by atoms with E-state index in [1.54, 1.807) is 12.1 Å². The molecule has 1 N–H and O–H groups in total. The van der Waals surface area contributed by atoms with Gasteiger partial charge in [-0.2, -0.15) is 0 Å². The Balaban J connectivity index is 0.000000810. The van der Waals surface area contributed by atoms with Crippen molar-refractivity contribution in [2.45, 2.75) is 13.3 Å². The number of aryl methyl sites for hydroxylation is 1. The molecule has 10 heavy (non-hydrogen) atoms. The molecule has 0 bridgehead atoms. The summed E-state index contributed by atoms with van der Waals surface area (Å²) in [4.78, 5) is 0. The van der Waals surface area contributed by atoms with Crippen molar-refractivity contribution in [3.63, 3.8) is 0 Å². The molecule has 0 atom stereocenters. The number of phenols is 1. The van der Waals surface area contributed by atoms with E-state index >= 15 is 0 Å². The summed E-state index contributed by atoms with van der Waals surface area (Å²) in [5.41, 5.74) is 1.26. The Hall–Kier alpha value is 0.656. The maximum atomic E-state index is 8.85. The minimum absolute atomic E-state index is 0. The van der Waals surface area contributed by atoms with Crippen LogP contribution in [0.15, 0.2) is 24.3 Å². The van der Waals surface area contributed by atoms with Crippen molar-refractivity contribution in [1.82, 2.24) is 0 Å². The van der Waals surface area contributed by atoms with Gasteiger partial charge in [-0.15, -0.1) is 0 Å². The Bertz CT molecular complexity index is 181. The van der Waals surface area contributed by atoms with Crippen LogP contribution in [0.4, 0.5) is 0 Å². The zero-order valence-corrected chi connectivity index (χ0v) is 5.46. The van der Waals surface area contributed by atoms with Crippen LogP contribution in [-0.2, 0) is 6.42 Å². The number of hydrogen-bond acceptors (Lipinski definition) is 1. The fourth-order valence-electron chi connectivity index (χ4n) is 0.732. The van der Waals surface area contributed by atoms with Gasteiger partial charge < -0.3 is 5.11 Å². The van der Waals surface area contributed by atoms with Crippen LogP contribution in [-0.4, -0.2) is 56.5 Å². The average molecular weight is 162 g/mol. The number of phenolic OH excluding ortho intramolecular Hbond substituents is 1. The van der Waals surface area contributed by atoms with Gasteiger partial charge >= 0.3 is 51.4 Å². The van der Waals surface area contributed by atoms with Gasteiger partial charge in [-0.3, -0.25) is 0 Å². The molecule has 1 nitrogen and oxygen atoms in total. The van der Waals surface area contributed by atoms with Crippen molar-refractivity contribution < 1.29 is 5.11 Å². The zero-order valence-electron chi connectivity index (χ0n) is 5.46. The number of aromatic hydroxyl groups is 1. The third-order valence-electron chi connectivity index (χ3n) is 1.34. The SMILES string of the molecule is CCc1ccc(O)cc1.[KH]. The zero-order chi connectivity index (χ0) is 6.69. The van der Waals surface area contributed by atoms with Gasteiger partial charge in [0.25, 0.3) is 0 Å². The standard InChI is InChI=1S/C8H10O.K.H/c1-2-7-3-5-8(9)6-4-7;;/h3-6,9H,2H2,1H3;;. The Morgan fingerprint density at radius 1 is 1.20 bits per heavy atom. The topological polar surface area (TPSA) is 20.2 Å². The molecule has 1 aromatic rings. The predicted molar refractivity (Wildman–Crippen MR) is 44.6 cm³/mol. The maximum absolute atomic E-state index is 8.85. The molecule has 0 aliphatic carbocycles. The first-order chi connectivity index (χ1) is 4.33. The minimum atomic E-state index is 0. The van der Waals surface area contributed by atoms with Crippen molar-refractivity contribution in [3.8, 4) is 5.75 Å². The van der Waals surface area contributed by atoms with E-state index in [1.165, 1.54) is 5.56 Å². The fourth-order valence-corrected chi connectivity index (χ4v) is 0.732.